The maximum Gasteiger partial charge on any atom is 0.133 e. The maximum atomic E-state index is 9.65. The van der Waals surface area contributed by atoms with Gasteiger partial charge in [-0.3, -0.25) is 0 Å². The highest BCUT2D eigenvalue weighted by Crippen LogP contribution is 2.33. The monoisotopic (exact) mass is 221 g/mol. The number of rotatable bonds is 4. The number of phenolic OH excluding ortho intramolecular Hbond substituents is 1. The van der Waals surface area contributed by atoms with E-state index in [9.17, 15) is 5.11 Å². The summed E-state index contributed by atoms with van der Waals surface area (Å²) in [6, 6.07) is 5.74. The summed E-state index contributed by atoms with van der Waals surface area (Å²) in [6.45, 7) is 1.04. The fourth-order valence-corrected chi connectivity index (χ4v) is 2.76. The van der Waals surface area contributed by atoms with Gasteiger partial charge >= 0.3 is 0 Å². The molecule has 3 heteroatoms. The van der Waals surface area contributed by atoms with Gasteiger partial charge in [0.25, 0.3) is 0 Å². The molecule has 0 saturated carbocycles. The van der Waals surface area contributed by atoms with Crippen LogP contribution in [0.2, 0.25) is 0 Å². The Hall–Kier alpha value is -1.06. The van der Waals surface area contributed by atoms with Gasteiger partial charge in [0.2, 0.25) is 0 Å². The molecule has 2 rings (SSSR count). The van der Waals surface area contributed by atoms with Crippen LogP contribution in [0, 0.1) is 0 Å². The van der Waals surface area contributed by atoms with Gasteiger partial charge in [-0.15, -0.1) is 11.3 Å². The number of fused-ring (bicyclic) bond motifs is 1. The van der Waals surface area contributed by atoms with Gasteiger partial charge in [0.15, 0.2) is 0 Å². The number of hydrogen-bond acceptors (Lipinski definition) is 3. The molecule has 0 aliphatic rings. The van der Waals surface area contributed by atoms with Crippen molar-refractivity contribution in [3.63, 3.8) is 0 Å². The van der Waals surface area contributed by atoms with Crippen LogP contribution in [-0.2, 0) is 6.42 Å². The van der Waals surface area contributed by atoms with E-state index < -0.39 is 0 Å². The lowest BCUT2D eigenvalue weighted by Crippen LogP contribution is -2.08. The molecule has 0 spiro atoms. The minimum Gasteiger partial charge on any atom is -0.506 e. The average Bonchev–Trinajstić information content (AvgIpc) is 2.64. The van der Waals surface area contributed by atoms with Crippen molar-refractivity contribution in [1.82, 2.24) is 5.32 Å². The van der Waals surface area contributed by atoms with E-state index in [1.165, 1.54) is 10.9 Å². The predicted octanol–water partition coefficient (Wildman–Crippen LogP) is 2.76. The first-order valence-corrected chi connectivity index (χ1v) is 6.03. The molecule has 2 N–H and O–H groups in total. The number of thiophene rings is 1. The summed E-state index contributed by atoms with van der Waals surface area (Å²) in [4.78, 5) is 0. The zero-order chi connectivity index (χ0) is 10.7. The molecule has 1 aromatic carbocycles. The van der Waals surface area contributed by atoms with Gasteiger partial charge in [-0.2, -0.15) is 0 Å². The molecule has 1 aromatic heterocycles. The molecule has 0 bridgehead atoms. The second kappa shape index (κ2) is 4.64. The van der Waals surface area contributed by atoms with E-state index in [2.05, 4.69) is 16.8 Å². The van der Waals surface area contributed by atoms with Crippen LogP contribution in [-0.4, -0.2) is 18.7 Å². The molecule has 0 radical (unpaired) electrons. The fourth-order valence-electron chi connectivity index (χ4n) is 1.74. The molecule has 0 unspecified atom stereocenters. The molecule has 0 aliphatic heterocycles. The first-order valence-electron chi connectivity index (χ1n) is 5.15. The standard InChI is InChI=1S/C12H15NOS/c1-13-7-3-4-9-8-15-12-10(9)5-2-6-11(12)14/h2,5-6,8,13-14H,3-4,7H2,1H3. The van der Waals surface area contributed by atoms with Gasteiger partial charge < -0.3 is 10.4 Å². The summed E-state index contributed by atoms with van der Waals surface area (Å²) in [6.07, 6.45) is 2.21. The van der Waals surface area contributed by atoms with E-state index in [-0.39, 0.29) is 0 Å². The summed E-state index contributed by atoms with van der Waals surface area (Å²) in [7, 11) is 1.97. The van der Waals surface area contributed by atoms with Crippen molar-refractivity contribution in [2.75, 3.05) is 13.6 Å². The Morgan fingerprint density at radius 3 is 3.07 bits per heavy atom. The van der Waals surface area contributed by atoms with Crippen LogP contribution in [0.25, 0.3) is 10.1 Å². The van der Waals surface area contributed by atoms with Crippen LogP contribution in [0.3, 0.4) is 0 Å². The highest BCUT2D eigenvalue weighted by Gasteiger charge is 2.06. The SMILES string of the molecule is CNCCCc1csc2c(O)cccc12. The highest BCUT2D eigenvalue weighted by molar-refractivity contribution is 7.17. The van der Waals surface area contributed by atoms with Gasteiger partial charge in [-0.1, -0.05) is 12.1 Å². The van der Waals surface area contributed by atoms with Crippen molar-refractivity contribution in [2.24, 2.45) is 0 Å². The second-order valence-electron chi connectivity index (χ2n) is 3.62. The number of aryl methyl sites for hydroxylation is 1. The van der Waals surface area contributed by atoms with Crippen LogP contribution >= 0.6 is 11.3 Å². The summed E-state index contributed by atoms with van der Waals surface area (Å²) in [5, 5.41) is 16.2. The van der Waals surface area contributed by atoms with E-state index in [4.69, 9.17) is 0 Å². The van der Waals surface area contributed by atoms with E-state index in [1.54, 1.807) is 17.4 Å². The maximum absolute atomic E-state index is 9.65. The Bertz CT molecular complexity index is 450. The third-order valence-corrected chi connectivity index (χ3v) is 3.60. The summed E-state index contributed by atoms with van der Waals surface area (Å²) < 4.78 is 1.01. The molecule has 0 aliphatic carbocycles. The summed E-state index contributed by atoms with van der Waals surface area (Å²) >= 11 is 1.63. The number of nitrogens with one attached hydrogen (secondary N) is 1. The minimum atomic E-state index is 0.400. The first kappa shape index (κ1) is 10.5. The molecule has 2 aromatic rings. The highest BCUT2D eigenvalue weighted by atomic mass is 32.1. The quantitative estimate of drug-likeness (QED) is 0.778. The molecule has 0 amide bonds. The Balaban J connectivity index is 2.25. The molecular formula is C12H15NOS. The third kappa shape index (κ3) is 2.13. The van der Waals surface area contributed by atoms with Crippen LogP contribution in [0.5, 0.6) is 5.75 Å². The topological polar surface area (TPSA) is 32.3 Å². The van der Waals surface area contributed by atoms with Gasteiger partial charge in [-0.25, -0.2) is 0 Å². The number of hydrogen-bond donors (Lipinski definition) is 2. The molecule has 15 heavy (non-hydrogen) atoms. The lowest BCUT2D eigenvalue weighted by atomic mass is 10.1. The van der Waals surface area contributed by atoms with Crippen molar-refractivity contribution >= 4 is 21.4 Å². The van der Waals surface area contributed by atoms with Crippen LogP contribution < -0.4 is 5.32 Å². The van der Waals surface area contributed by atoms with Gasteiger partial charge in [0.05, 0.1) is 4.70 Å². The molecule has 80 valence electrons. The zero-order valence-corrected chi connectivity index (χ0v) is 9.60. The Kier molecular flexibility index (Phi) is 3.23. The molecule has 1 heterocycles. The van der Waals surface area contributed by atoms with Gasteiger partial charge in [0.1, 0.15) is 5.75 Å². The van der Waals surface area contributed by atoms with Crippen LogP contribution in [0.1, 0.15) is 12.0 Å². The fraction of sp³-hybridized carbons (Fsp3) is 0.333. The Morgan fingerprint density at radius 1 is 1.40 bits per heavy atom. The van der Waals surface area contributed by atoms with E-state index in [1.807, 2.05) is 13.1 Å². The van der Waals surface area contributed by atoms with Crippen molar-refractivity contribution in [3.8, 4) is 5.75 Å². The molecule has 2 nitrogen and oxygen atoms in total. The van der Waals surface area contributed by atoms with Crippen LogP contribution in [0.15, 0.2) is 23.6 Å². The third-order valence-electron chi connectivity index (χ3n) is 2.53. The molecule has 0 atom stereocenters. The van der Waals surface area contributed by atoms with Crippen LogP contribution in [0.4, 0.5) is 0 Å². The minimum absolute atomic E-state index is 0.400. The van der Waals surface area contributed by atoms with E-state index >= 15 is 0 Å². The first-order chi connectivity index (χ1) is 7.33. The summed E-state index contributed by atoms with van der Waals surface area (Å²) in [5.74, 6) is 0.400. The lowest BCUT2D eigenvalue weighted by molar-refractivity contribution is 0.482. The van der Waals surface area contributed by atoms with Gasteiger partial charge in [-0.05, 0) is 48.8 Å². The van der Waals surface area contributed by atoms with Crippen molar-refractivity contribution in [1.29, 1.82) is 0 Å². The summed E-state index contributed by atoms with van der Waals surface area (Å²) in [5.41, 5.74) is 1.35. The van der Waals surface area contributed by atoms with Crippen molar-refractivity contribution < 1.29 is 5.11 Å². The number of aromatic hydroxyl groups is 1. The molecule has 0 fully saturated rings. The number of phenols is 1. The largest absolute Gasteiger partial charge is 0.506 e. The smallest absolute Gasteiger partial charge is 0.133 e. The van der Waals surface area contributed by atoms with Gasteiger partial charge in [0, 0.05) is 0 Å². The normalized spacial score (nSPS) is 11.0. The second-order valence-corrected chi connectivity index (χ2v) is 4.50. The molecule has 0 saturated heterocycles. The number of benzene rings is 1. The lowest BCUT2D eigenvalue weighted by Gasteiger charge is -2.00. The Morgan fingerprint density at radius 2 is 2.27 bits per heavy atom. The van der Waals surface area contributed by atoms with Crippen molar-refractivity contribution in [2.45, 2.75) is 12.8 Å². The predicted molar refractivity (Wildman–Crippen MR) is 65.7 cm³/mol. The zero-order valence-electron chi connectivity index (χ0n) is 8.79. The molecular weight excluding hydrogens is 206 g/mol. The van der Waals surface area contributed by atoms with E-state index in [0.717, 1.165) is 24.1 Å². The van der Waals surface area contributed by atoms with E-state index in [0.29, 0.717) is 5.75 Å². The average molecular weight is 221 g/mol. The Labute approximate surface area is 93.6 Å². The van der Waals surface area contributed by atoms with Crippen molar-refractivity contribution in [3.05, 3.63) is 29.1 Å².